The van der Waals surface area contributed by atoms with E-state index in [1.807, 2.05) is 11.0 Å². The fourth-order valence-electron chi connectivity index (χ4n) is 4.26. The molecule has 138 valence electrons. The minimum atomic E-state index is -0.515. The first kappa shape index (κ1) is 17.5. The van der Waals surface area contributed by atoms with Crippen LogP contribution in [-0.4, -0.2) is 34.8 Å². The fourth-order valence-corrected chi connectivity index (χ4v) is 5.21. The quantitative estimate of drug-likeness (QED) is 0.882. The third kappa shape index (κ3) is 3.11. The molecule has 3 atom stereocenters. The molecule has 2 aromatic rings. The summed E-state index contributed by atoms with van der Waals surface area (Å²) in [5.74, 6) is -0.150. The van der Waals surface area contributed by atoms with Crippen LogP contribution in [0.25, 0.3) is 10.1 Å². The molecular formula is C20H23FN2O2S. The molecule has 6 heteroatoms. The highest BCUT2D eigenvalue weighted by Crippen LogP contribution is 2.32. The number of fused-ring (bicyclic) bond motifs is 2. The zero-order valence-electron chi connectivity index (χ0n) is 14.8. The SMILES string of the molecule is C[C@@H]1CC[C@@H]2CCC[C@H](NC(=O)c3cc4cc(CF)ccc4s3)C(=O)N21. The van der Waals surface area contributed by atoms with Gasteiger partial charge in [-0.15, -0.1) is 11.3 Å². The van der Waals surface area contributed by atoms with Crippen LogP contribution in [0.1, 0.15) is 54.3 Å². The van der Waals surface area contributed by atoms with Gasteiger partial charge in [-0.3, -0.25) is 9.59 Å². The van der Waals surface area contributed by atoms with Crippen LogP contribution in [0.15, 0.2) is 24.3 Å². The number of alkyl halides is 1. The van der Waals surface area contributed by atoms with Gasteiger partial charge in [-0.25, -0.2) is 4.39 Å². The molecule has 2 fully saturated rings. The maximum absolute atomic E-state index is 12.9. The smallest absolute Gasteiger partial charge is 0.262 e. The zero-order valence-corrected chi connectivity index (χ0v) is 15.7. The second-order valence-corrected chi connectivity index (χ2v) is 8.48. The molecule has 4 rings (SSSR count). The number of thiophene rings is 1. The van der Waals surface area contributed by atoms with Crippen LogP contribution in [0.4, 0.5) is 4.39 Å². The molecule has 2 aliphatic heterocycles. The van der Waals surface area contributed by atoms with Crippen molar-refractivity contribution in [1.29, 1.82) is 0 Å². The molecular weight excluding hydrogens is 351 g/mol. The monoisotopic (exact) mass is 374 g/mol. The first-order valence-corrected chi connectivity index (χ1v) is 10.1. The third-order valence-corrected chi connectivity index (χ3v) is 6.75. The van der Waals surface area contributed by atoms with Gasteiger partial charge >= 0.3 is 0 Å². The molecule has 2 amide bonds. The van der Waals surface area contributed by atoms with Gasteiger partial charge in [0.05, 0.1) is 4.88 Å². The van der Waals surface area contributed by atoms with E-state index in [1.54, 1.807) is 18.2 Å². The lowest BCUT2D eigenvalue weighted by Crippen LogP contribution is -2.50. The summed E-state index contributed by atoms with van der Waals surface area (Å²) in [5.41, 5.74) is 0.607. The Labute approximate surface area is 156 Å². The average molecular weight is 374 g/mol. The van der Waals surface area contributed by atoms with Crippen molar-refractivity contribution in [3.63, 3.8) is 0 Å². The summed E-state index contributed by atoms with van der Waals surface area (Å²) in [7, 11) is 0. The van der Waals surface area contributed by atoms with Crippen LogP contribution in [0.2, 0.25) is 0 Å². The molecule has 0 radical (unpaired) electrons. The van der Waals surface area contributed by atoms with E-state index < -0.39 is 12.7 Å². The number of benzene rings is 1. The summed E-state index contributed by atoms with van der Waals surface area (Å²) in [4.78, 5) is 28.2. The predicted molar refractivity (Wildman–Crippen MR) is 101 cm³/mol. The van der Waals surface area contributed by atoms with Crippen LogP contribution >= 0.6 is 11.3 Å². The van der Waals surface area contributed by atoms with Gasteiger partial charge in [-0.05, 0) is 68.2 Å². The summed E-state index contributed by atoms with van der Waals surface area (Å²) in [6, 6.07) is 7.30. The molecule has 0 aliphatic carbocycles. The van der Waals surface area contributed by atoms with Crippen molar-refractivity contribution in [3.8, 4) is 0 Å². The molecule has 2 aliphatic rings. The van der Waals surface area contributed by atoms with Crippen LogP contribution < -0.4 is 5.32 Å². The van der Waals surface area contributed by atoms with Crippen molar-refractivity contribution in [2.24, 2.45) is 0 Å². The Morgan fingerprint density at radius 3 is 2.92 bits per heavy atom. The number of amides is 2. The Bertz CT molecular complexity index is 849. The topological polar surface area (TPSA) is 49.4 Å². The first-order valence-electron chi connectivity index (χ1n) is 9.28. The van der Waals surface area contributed by atoms with Gasteiger partial charge in [0.15, 0.2) is 0 Å². The van der Waals surface area contributed by atoms with Crippen LogP contribution in [0, 0.1) is 0 Å². The Morgan fingerprint density at radius 1 is 1.27 bits per heavy atom. The van der Waals surface area contributed by atoms with Gasteiger partial charge in [0.2, 0.25) is 5.91 Å². The molecule has 4 nitrogen and oxygen atoms in total. The number of rotatable bonds is 3. The number of carbonyl (C=O) groups is 2. The van der Waals surface area contributed by atoms with Crippen molar-refractivity contribution < 1.29 is 14.0 Å². The first-order chi connectivity index (χ1) is 12.6. The average Bonchev–Trinajstić information content (AvgIpc) is 3.18. The zero-order chi connectivity index (χ0) is 18.3. The van der Waals surface area contributed by atoms with Crippen molar-refractivity contribution >= 4 is 33.2 Å². The van der Waals surface area contributed by atoms with E-state index in [0.29, 0.717) is 22.9 Å². The number of nitrogens with one attached hydrogen (secondary N) is 1. The molecule has 1 aromatic carbocycles. The molecule has 0 saturated carbocycles. The van der Waals surface area contributed by atoms with Crippen LogP contribution in [-0.2, 0) is 11.5 Å². The van der Waals surface area contributed by atoms with Gasteiger partial charge in [0, 0.05) is 16.8 Å². The second kappa shape index (κ2) is 6.99. The molecule has 0 bridgehead atoms. The number of nitrogens with zero attached hydrogens (tertiary/aromatic N) is 1. The number of carbonyl (C=O) groups excluding carboxylic acids is 2. The van der Waals surface area contributed by atoms with E-state index in [1.165, 1.54) is 11.3 Å². The van der Waals surface area contributed by atoms with E-state index in [0.717, 1.165) is 35.8 Å². The Kier molecular flexibility index (Phi) is 4.69. The molecule has 26 heavy (non-hydrogen) atoms. The summed E-state index contributed by atoms with van der Waals surface area (Å²) < 4.78 is 13.8. The third-order valence-electron chi connectivity index (χ3n) is 5.63. The lowest BCUT2D eigenvalue weighted by Gasteiger charge is -2.29. The van der Waals surface area contributed by atoms with Gasteiger partial charge in [-0.1, -0.05) is 6.07 Å². The number of hydrogen-bond donors (Lipinski definition) is 1. The Morgan fingerprint density at radius 2 is 2.12 bits per heavy atom. The minimum Gasteiger partial charge on any atom is -0.340 e. The normalized spacial score (nSPS) is 26.0. The van der Waals surface area contributed by atoms with E-state index in [4.69, 9.17) is 0 Å². The molecule has 1 N–H and O–H groups in total. The predicted octanol–water partition coefficient (Wildman–Crippen LogP) is 4.03. The summed E-state index contributed by atoms with van der Waals surface area (Å²) >= 11 is 1.38. The largest absolute Gasteiger partial charge is 0.340 e. The minimum absolute atomic E-state index is 0.0617. The highest BCUT2D eigenvalue weighted by atomic mass is 32.1. The van der Waals surface area contributed by atoms with Gasteiger partial charge in [0.25, 0.3) is 5.91 Å². The lowest BCUT2D eigenvalue weighted by atomic mass is 10.1. The standard InChI is InChI=1S/C20H23FN2O2S/c1-12-5-7-15-3-2-4-16(20(25)23(12)15)22-19(24)18-10-14-9-13(11-21)6-8-17(14)26-18/h6,8-10,12,15-16H,2-5,7,11H2,1H3,(H,22,24)/t12-,15+,16+/m1/s1. The number of halogens is 1. The fraction of sp³-hybridized carbons (Fsp3) is 0.500. The van der Waals surface area contributed by atoms with Crippen molar-refractivity contribution in [2.75, 3.05) is 0 Å². The van der Waals surface area contributed by atoms with Crippen molar-refractivity contribution in [2.45, 2.75) is 63.8 Å². The summed E-state index contributed by atoms with van der Waals surface area (Å²) in [5, 5.41) is 3.82. The van der Waals surface area contributed by atoms with Crippen molar-refractivity contribution in [1.82, 2.24) is 10.2 Å². The second-order valence-electron chi connectivity index (χ2n) is 7.40. The van der Waals surface area contributed by atoms with E-state index in [2.05, 4.69) is 12.2 Å². The van der Waals surface area contributed by atoms with Gasteiger partial charge in [-0.2, -0.15) is 0 Å². The molecule has 0 spiro atoms. The maximum Gasteiger partial charge on any atom is 0.262 e. The maximum atomic E-state index is 12.9. The van der Waals surface area contributed by atoms with Gasteiger partial charge in [0.1, 0.15) is 12.7 Å². The van der Waals surface area contributed by atoms with E-state index >= 15 is 0 Å². The Hall–Kier alpha value is -1.95. The molecule has 1 aromatic heterocycles. The summed E-state index contributed by atoms with van der Waals surface area (Å²) in [6.07, 6.45) is 4.79. The van der Waals surface area contributed by atoms with Crippen LogP contribution in [0.3, 0.4) is 0 Å². The molecule has 3 heterocycles. The Balaban J connectivity index is 1.52. The molecule has 0 unspecified atom stereocenters. The highest BCUT2D eigenvalue weighted by Gasteiger charge is 2.40. The van der Waals surface area contributed by atoms with E-state index in [9.17, 15) is 14.0 Å². The highest BCUT2D eigenvalue weighted by molar-refractivity contribution is 7.20. The number of hydrogen-bond acceptors (Lipinski definition) is 3. The van der Waals surface area contributed by atoms with Gasteiger partial charge < -0.3 is 10.2 Å². The van der Waals surface area contributed by atoms with Crippen molar-refractivity contribution in [3.05, 3.63) is 34.7 Å². The van der Waals surface area contributed by atoms with E-state index in [-0.39, 0.29) is 17.9 Å². The van der Waals surface area contributed by atoms with Crippen LogP contribution in [0.5, 0.6) is 0 Å². The molecule has 2 saturated heterocycles. The summed E-state index contributed by atoms with van der Waals surface area (Å²) in [6.45, 7) is 1.58. The lowest BCUT2D eigenvalue weighted by molar-refractivity contribution is -0.135.